The number of nitrogens with one attached hydrogen (secondary N) is 2. The number of aromatic nitrogens is 2. The first kappa shape index (κ1) is 15.4. The van der Waals surface area contributed by atoms with E-state index < -0.39 is 15.7 Å². The minimum absolute atomic E-state index is 0.0324. The summed E-state index contributed by atoms with van der Waals surface area (Å²) < 4.78 is 24.1. The van der Waals surface area contributed by atoms with Crippen molar-refractivity contribution in [2.75, 3.05) is 6.26 Å². The smallest absolute Gasteiger partial charge is 0.289 e. The molecule has 1 amide bonds. The third-order valence-electron chi connectivity index (χ3n) is 3.05. The molecule has 0 fully saturated rings. The lowest BCUT2D eigenvalue weighted by atomic mass is 10.2. The molecule has 0 bridgehead atoms. The quantitative estimate of drug-likeness (QED) is 0.554. The van der Waals surface area contributed by atoms with Crippen LogP contribution in [0.1, 0.15) is 15.5 Å². The van der Waals surface area contributed by atoms with Crippen LogP contribution in [-0.4, -0.2) is 36.8 Å². The number of hydrogen-bond donors (Lipinski definition) is 2. The van der Waals surface area contributed by atoms with Gasteiger partial charge in [0, 0.05) is 28.7 Å². The second-order valence-electron chi connectivity index (χ2n) is 4.72. The minimum Gasteiger partial charge on any atom is -0.349 e. The molecular weight excluding hydrogens is 336 g/mol. The third-order valence-corrected chi connectivity index (χ3v) is 4.92. The van der Waals surface area contributed by atoms with E-state index in [2.05, 4.69) is 20.5 Å². The highest BCUT2D eigenvalue weighted by Gasteiger charge is 2.24. The SMILES string of the molecule is CS(=O)(=O)c1c(C(=O)N/N=C\c2nccs2)[nH]c2ccccc12. The van der Waals surface area contributed by atoms with Gasteiger partial charge in [0.1, 0.15) is 15.6 Å². The number of thiazole rings is 1. The van der Waals surface area contributed by atoms with Crippen LogP contribution >= 0.6 is 11.3 Å². The van der Waals surface area contributed by atoms with Crippen molar-refractivity contribution >= 4 is 44.2 Å². The number of carbonyl (C=O) groups excluding carboxylic acids is 1. The second-order valence-corrected chi connectivity index (χ2v) is 7.60. The summed E-state index contributed by atoms with van der Waals surface area (Å²) in [5.41, 5.74) is 2.85. The van der Waals surface area contributed by atoms with Crippen molar-refractivity contribution in [3.63, 3.8) is 0 Å². The number of rotatable bonds is 4. The van der Waals surface area contributed by atoms with E-state index in [-0.39, 0.29) is 10.6 Å². The molecule has 7 nitrogen and oxygen atoms in total. The Balaban J connectivity index is 1.97. The molecule has 0 saturated heterocycles. The molecule has 0 saturated carbocycles. The van der Waals surface area contributed by atoms with Gasteiger partial charge < -0.3 is 4.98 Å². The van der Waals surface area contributed by atoms with Crippen LogP contribution in [0.25, 0.3) is 10.9 Å². The summed E-state index contributed by atoms with van der Waals surface area (Å²) >= 11 is 1.37. The Bertz CT molecular complexity index is 988. The predicted octanol–water partition coefficient (Wildman–Crippen LogP) is 1.79. The van der Waals surface area contributed by atoms with Crippen molar-refractivity contribution in [2.24, 2.45) is 5.10 Å². The molecule has 1 aromatic carbocycles. The summed E-state index contributed by atoms with van der Waals surface area (Å²) in [6.45, 7) is 0. The molecule has 0 unspecified atom stereocenters. The summed E-state index contributed by atoms with van der Waals surface area (Å²) in [5.74, 6) is -0.630. The Morgan fingerprint density at radius 1 is 1.39 bits per heavy atom. The monoisotopic (exact) mass is 348 g/mol. The van der Waals surface area contributed by atoms with Gasteiger partial charge in [-0.25, -0.2) is 18.8 Å². The first-order valence-corrected chi connectivity index (χ1v) is 9.27. The maximum atomic E-state index is 12.3. The predicted molar refractivity (Wildman–Crippen MR) is 88.6 cm³/mol. The van der Waals surface area contributed by atoms with Gasteiger partial charge in [-0.05, 0) is 6.07 Å². The Hall–Kier alpha value is -2.52. The topological polar surface area (TPSA) is 104 Å². The fourth-order valence-corrected chi connectivity index (χ4v) is 3.75. The standard InChI is InChI=1S/C14H12N4O3S2/c1-23(20,21)13-9-4-2-3-5-10(9)17-12(13)14(19)18-16-8-11-15-6-7-22-11/h2-8,17H,1H3,(H,18,19)/b16-8-. The second kappa shape index (κ2) is 5.94. The average molecular weight is 348 g/mol. The van der Waals surface area contributed by atoms with Crippen LogP contribution in [0.5, 0.6) is 0 Å². The Morgan fingerprint density at radius 3 is 2.87 bits per heavy atom. The maximum Gasteiger partial charge on any atom is 0.289 e. The number of nitrogens with zero attached hydrogens (tertiary/aromatic N) is 2. The number of hydrazone groups is 1. The van der Waals surface area contributed by atoms with Gasteiger partial charge in [0.15, 0.2) is 9.84 Å². The molecule has 0 atom stereocenters. The van der Waals surface area contributed by atoms with Gasteiger partial charge in [-0.1, -0.05) is 18.2 Å². The van der Waals surface area contributed by atoms with E-state index >= 15 is 0 Å². The summed E-state index contributed by atoms with van der Waals surface area (Å²) in [6, 6.07) is 6.83. The first-order valence-electron chi connectivity index (χ1n) is 6.50. The zero-order valence-corrected chi connectivity index (χ0v) is 13.6. The fraction of sp³-hybridized carbons (Fsp3) is 0.0714. The molecule has 23 heavy (non-hydrogen) atoms. The number of para-hydroxylation sites is 1. The number of sulfone groups is 1. The molecule has 0 radical (unpaired) electrons. The first-order chi connectivity index (χ1) is 11.0. The molecule has 0 aliphatic carbocycles. The van der Waals surface area contributed by atoms with Crippen LogP contribution in [-0.2, 0) is 9.84 Å². The van der Waals surface area contributed by atoms with Crippen LogP contribution in [0.15, 0.2) is 45.8 Å². The summed E-state index contributed by atoms with van der Waals surface area (Å²) in [4.78, 5) is 19.1. The molecule has 0 spiro atoms. The molecule has 2 N–H and O–H groups in total. The lowest BCUT2D eigenvalue weighted by Gasteiger charge is -2.01. The van der Waals surface area contributed by atoms with Gasteiger partial charge in [-0.2, -0.15) is 5.10 Å². The molecule has 3 rings (SSSR count). The van der Waals surface area contributed by atoms with Crippen molar-refractivity contribution < 1.29 is 13.2 Å². The van der Waals surface area contributed by atoms with Crippen LogP contribution in [0.4, 0.5) is 0 Å². The number of benzene rings is 1. The fourth-order valence-electron chi connectivity index (χ4n) is 2.16. The van der Waals surface area contributed by atoms with E-state index in [1.807, 2.05) is 0 Å². The van der Waals surface area contributed by atoms with Crippen molar-refractivity contribution in [2.45, 2.75) is 4.90 Å². The van der Waals surface area contributed by atoms with Crippen molar-refractivity contribution in [1.82, 2.24) is 15.4 Å². The van der Waals surface area contributed by atoms with E-state index in [9.17, 15) is 13.2 Å². The molecule has 2 heterocycles. The lowest BCUT2D eigenvalue weighted by molar-refractivity contribution is 0.0947. The Kier molecular flexibility index (Phi) is 3.97. The Labute approximate surface area is 136 Å². The van der Waals surface area contributed by atoms with Crippen LogP contribution in [0.2, 0.25) is 0 Å². The van der Waals surface area contributed by atoms with Gasteiger partial charge in [0.05, 0.1) is 6.21 Å². The van der Waals surface area contributed by atoms with Gasteiger partial charge in [0.2, 0.25) is 0 Å². The highest BCUT2D eigenvalue weighted by atomic mass is 32.2. The van der Waals surface area contributed by atoms with E-state index in [1.54, 1.807) is 35.8 Å². The molecule has 0 aliphatic rings. The zero-order chi connectivity index (χ0) is 16.4. The largest absolute Gasteiger partial charge is 0.349 e. The highest BCUT2D eigenvalue weighted by molar-refractivity contribution is 7.91. The zero-order valence-electron chi connectivity index (χ0n) is 12.0. The summed E-state index contributed by atoms with van der Waals surface area (Å²) in [6.07, 6.45) is 4.08. The molecule has 3 aromatic rings. The normalized spacial score (nSPS) is 12.0. The number of H-pyrrole nitrogens is 1. The van der Waals surface area contributed by atoms with E-state index in [1.165, 1.54) is 17.6 Å². The third kappa shape index (κ3) is 3.15. The van der Waals surface area contributed by atoms with Crippen molar-refractivity contribution in [3.8, 4) is 0 Å². The number of amides is 1. The lowest BCUT2D eigenvalue weighted by Crippen LogP contribution is -2.20. The Morgan fingerprint density at radius 2 is 2.17 bits per heavy atom. The molecule has 0 aliphatic heterocycles. The minimum atomic E-state index is -3.58. The molecule has 2 aromatic heterocycles. The number of hydrogen-bond acceptors (Lipinski definition) is 6. The average Bonchev–Trinajstić information content (AvgIpc) is 3.13. The van der Waals surface area contributed by atoms with Gasteiger partial charge in [-0.15, -0.1) is 11.3 Å². The molecular formula is C14H12N4O3S2. The van der Waals surface area contributed by atoms with Crippen LogP contribution in [0, 0.1) is 0 Å². The van der Waals surface area contributed by atoms with E-state index in [0.29, 0.717) is 15.9 Å². The van der Waals surface area contributed by atoms with Crippen LogP contribution < -0.4 is 5.43 Å². The molecule has 9 heteroatoms. The van der Waals surface area contributed by atoms with E-state index in [4.69, 9.17) is 0 Å². The van der Waals surface area contributed by atoms with Gasteiger partial charge in [0.25, 0.3) is 5.91 Å². The highest BCUT2D eigenvalue weighted by Crippen LogP contribution is 2.26. The molecule has 118 valence electrons. The number of aromatic amines is 1. The van der Waals surface area contributed by atoms with Crippen LogP contribution in [0.3, 0.4) is 0 Å². The van der Waals surface area contributed by atoms with Gasteiger partial charge >= 0.3 is 0 Å². The maximum absolute atomic E-state index is 12.3. The van der Waals surface area contributed by atoms with Gasteiger partial charge in [-0.3, -0.25) is 4.79 Å². The summed E-state index contributed by atoms with van der Waals surface area (Å²) in [5, 5.41) is 6.68. The summed E-state index contributed by atoms with van der Waals surface area (Å²) in [7, 11) is -3.58. The van der Waals surface area contributed by atoms with Crippen molar-refractivity contribution in [1.29, 1.82) is 0 Å². The van der Waals surface area contributed by atoms with E-state index in [0.717, 1.165) is 6.26 Å². The number of carbonyl (C=O) groups is 1. The number of fused-ring (bicyclic) bond motifs is 1. The van der Waals surface area contributed by atoms with Crippen molar-refractivity contribution in [3.05, 3.63) is 46.5 Å².